The van der Waals surface area contributed by atoms with Gasteiger partial charge in [0.05, 0.1) is 0 Å². The molecule has 3 N–H and O–H groups in total. The maximum Gasteiger partial charge on any atom is 0.00618 e. The van der Waals surface area contributed by atoms with E-state index < -0.39 is 0 Å². The quantitative estimate of drug-likeness (QED) is 0.549. The van der Waals surface area contributed by atoms with Crippen molar-refractivity contribution in [3.05, 3.63) is 0 Å². The number of hydrogen-bond donors (Lipinski definition) is 2. The molecule has 0 amide bonds. The lowest BCUT2D eigenvalue weighted by Gasteiger charge is -2.13. The summed E-state index contributed by atoms with van der Waals surface area (Å²) in [4.78, 5) is 0. The van der Waals surface area contributed by atoms with Gasteiger partial charge in [0.1, 0.15) is 0 Å². The van der Waals surface area contributed by atoms with Gasteiger partial charge in [-0.2, -0.15) is 0 Å². The fourth-order valence-electron chi connectivity index (χ4n) is 1.33. The highest BCUT2D eigenvalue weighted by Gasteiger charge is 1.99. The minimum absolute atomic E-state index is 0.725. The van der Waals surface area contributed by atoms with E-state index in [2.05, 4.69) is 19.2 Å². The first kappa shape index (κ1) is 11.9. The highest BCUT2D eigenvalue weighted by atomic mass is 14.9. The Morgan fingerprint density at radius 3 is 2.25 bits per heavy atom. The molecule has 0 radical (unpaired) electrons. The van der Waals surface area contributed by atoms with Gasteiger partial charge in [0.15, 0.2) is 0 Å². The van der Waals surface area contributed by atoms with E-state index in [1.165, 1.54) is 32.1 Å². The minimum atomic E-state index is 0.725. The second kappa shape index (κ2) is 9.01. The number of unbranched alkanes of at least 4 members (excludes halogenated alkanes) is 2. The molecule has 0 rings (SSSR count). The van der Waals surface area contributed by atoms with Crippen molar-refractivity contribution in [1.82, 2.24) is 5.32 Å². The molecule has 0 aromatic heterocycles. The van der Waals surface area contributed by atoms with Crippen LogP contribution < -0.4 is 11.1 Å². The van der Waals surface area contributed by atoms with Gasteiger partial charge in [0.25, 0.3) is 0 Å². The van der Waals surface area contributed by atoms with Gasteiger partial charge in [-0.15, -0.1) is 0 Å². The van der Waals surface area contributed by atoms with E-state index >= 15 is 0 Å². The molecule has 12 heavy (non-hydrogen) atoms. The molecule has 0 spiro atoms. The third-order valence-electron chi connectivity index (χ3n) is 2.30. The standard InChI is InChI=1S/C10H24N2/c1-3-10(4-2)12-9-7-5-6-8-11/h10,12H,3-9,11H2,1-2H3. The van der Waals surface area contributed by atoms with Crippen LogP contribution in [0.15, 0.2) is 0 Å². The zero-order valence-electron chi connectivity index (χ0n) is 8.60. The predicted molar refractivity (Wildman–Crippen MR) is 55.3 cm³/mol. The van der Waals surface area contributed by atoms with Crippen LogP contribution in [0.25, 0.3) is 0 Å². The molecule has 0 saturated carbocycles. The Morgan fingerprint density at radius 1 is 1.08 bits per heavy atom. The second-order valence-corrected chi connectivity index (χ2v) is 3.32. The molecule has 0 aliphatic rings. The van der Waals surface area contributed by atoms with Crippen molar-refractivity contribution < 1.29 is 0 Å². The fourth-order valence-corrected chi connectivity index (χ4v) is 1.33. The van der Waals surface area contributed by atoms with Crippen molar-refractivity contribution >= 4 is 0 Å². The van der Waals surface area contributed by atoms with Gasteiger partial charge in [-0.3, -0.25) is 0 Å². The molecule has 0 bridgehead atoms. The number of rotatable bonds is 8. The van der Waals surface area contributed by atoms with Crippen molar-refractivity contribution in [2.45, 2.75) is 52.0 Å². The van der Waals surface area contributed by atoms with E-state index in [4.69, 9.17) is 5.73 Å². The zero-order chi connectivity index (χ0) is 9.23. The first-order valence-corrected chi connectivity index (χ1v) is 5.28. The van der Waals surface area contributed by atoms with Gasteiger partial charge in [0, 0.05) is 6.04 Å². The van der Waals surface area contributed by atoms with Crippen LogP contribution >= 0.6 is 0 Å². The van der Waals surface area contributed by atoms with Crippen LogP contribution in [0.2, 0.25) is 0 Å². The Bertz CT molecular complexity index is 79.9. The summed E-state index contributed by atoms with van der Waals surface area (Å²) in [6, 6.07) is 0.725. The molecule has 74 valence electrons. The molecule has 0 aromatic carbocycles. The summed E-state index contributed by atoms with van der Waals surface area (Å²) in [7, 11) is 0. The second-order valence-electron chi connectivity index (χ2n) is 3.32. The molecule has 2 heteroatoms. The molecule has 0 fully saturated rings. The van der Waals surface area contributed by atoms with E-state index in [0.717, 1.165) is 19.1 Å². The maximum absolute atomic E-state index is 5.40. The van der Waals surface area contributed by atoms with Crippen LogP contribution in [0.4, 0.5) is 0 Å². The lowest BCUT2D eigenvalue weighted by atomic mass is 10.1. The van der Waals surface area contributed by atoms with Crippen LogP contribution in [0.3, 0.4) is 0 Å². The molecule has 0 heterocycles. The van der Waals surface area contributed by atoms with E-state index in [1.807, 2.05) is 0 Å². The smallest absolute Gasteiger partial charge is 0.00618 e. The molecule has 0 unspecified atom stereocenters. The summed E-state index contributed by atoms with van der Waals surface area (Å²) in [5, 5.41) is 3.54. The molecular weight excluding hydrogens is 148 g/mol. The average molecular weight is 172 g/mol. The van der Waals surface area contributed by atoms with E-state index in [-0.39, 0.29) is 0 Å². The van der Waals surface area contributed by atoms with Crippen molar-refractivity contribution in [3.8, 4) is 0 Å². The van der Waals surface area contributed by atoms with Crippen molar-refractivity contribution in [3.63, 3.8) is 0 Å². The summed E-state index contributed by atoms with van der Waals surface area (Å²) in [6.07, 6.45) is 6.20. The topological polar surface area (TPSA) is 38.0 Å². The minimum Gasteiger partial charge on any atom is -0.330 e. The van der Waals surface area contributed by atoms with Crippen LogP contribution in [-0.4, -0.2) is 19.1 Å². The first-order chi connectivity index (χ1) is 5.85. The Hall–Kier alpha value is -0.0800. The summed E-state index contributed by atoms with van der Waals surface area (Å²) in [5.41, 5.74) is 5.40. The molecule has 0 aromatic rings. The Morgan fingerprint density at radius 2 is 1.75 bits per heavy atom. The Labute approximate surface area is 76.9 Å². The van der Waals surface area contributed by atoms with Gasteiger partial charge < -0.3 is 11.1 Å². The van der Waals surface area contributed by atoms with E-state index in [9.17, 15) is 0 Å². The number of nitrogens with two attached hydrogens (primary N) is 1. The van der Waals surface area contributed by atoms with Gasteiger partial charge in [-0.1, -0.05) is 20.3 Å². The predicted octanol–water partition coefficient (Wildman–Crippen LogP) is 1.89. The number of nitrogens with one attached hydrogen (secondary N) is 1. The lowest BCUT2D eigenvalue weighted by molar-refractivity contribution is 0.471. The molecule has 0 saturated heterocycles. The maximum atomic E-state index is 5.40. The molecule has 0 atom stereocenters. The van der Waals surface area contributed by atoms with Gasteiger partial charge in [0.2, 0.25) is 0 Å². The van der Waals surface area contributed by atoms with Crippen molar-refractivity contribution in [2.75, 3.05) is 13.1 Å². The Balaban J connectivity index is 3.06. The fraction of sp³-hybridized carbons (Fsp3) is 1.00. The van der Waals surface area contributed by atoms with Gasteiger partial charge >= 0.3 is 0 Å². The summed E-state index contributed by atoms with van der Waals surface area (Å²) < 4.78 is 0. The highest BCUT2D eigenvalue weighted by molar-refractivity contribution is 4.61. The largest absolute Gasteiger partial charge is 0.330 e. The third kappa shape index (κ3) is 6.62. The molecular formula is C10H24N2. The normalized spacial score (nSPS) is 11.0. The summed E-state index contributed by atoms with van der Waals surface area (Å²) in [6.45, 7) is 6.47. The lowest BCUT2D eigenvalue weighted by Crippen LogP contribution is -2.28. The molecule has 2 nitrogen and oxygen atoms in total. The monoisotopic (exact) mass is 172 g/mol. The van der Waals surface area contributed by atoms with Crippen LogP contribution in [0, 0.1) is 0 Å². The SMILES string of the molecule is CCC(CC)NCCCCCN. The van der Waals surface area contributed by atoms with Crippen molar-refractivity contribution in [2.24, 2.45) is 5.73 Å². The number of hydrogen-bond acceptors (Lipinski definition) is 2. The molecule has 0 aliphatic heterocycles. The van der Waals surface area contributed by atoms with E-state index in [1.54, 1.807) is 0 Å². The zero-order valence-corrected chi connectivity index (χ0v) is 8.60. The van der Waals surface area contributed by atoms with Crippen LogP contribution in [-0.2, 0) is 0 Å². The summed E-state index contributed by atoms with van der Waals surface area (Å²) >= 11 is 0. The van der Waals surface area contributed by atoms with Crippen molar-refractivity contribution in [1.29, 1.82) is 0 Å². The average Bonchev–Trinajstić information content (AvgIpc) is 2.11. The third-order valence-corrected chi connectivity index (χ3v) is 2.30. The molecule has 0 aliphatic carbocycles. The van der Waals surface area contributed by atoms with E-state index in [0.29, 0.717) is 0 Å². The highest BCUT2D eigenvalue weighted by Crippen LogP contribution is 1.97. The Kier molecular flexibility index (Phi) is 8.95. The first-order valence-electron chi connectivity index (χ1n) is 5.28. The van der Waals surface area contributed by atoms with Gasteiger partial charge in [-0.05, 0) is 38.8 Å². The van der Waals surface area contributed by atoms with Crippen LogP contribution in [0.1, 0.15) is 46.0 Å². The summed E-state index contributed by atoms with van der Waals surface area (Å²) in [5.74, 6) is 0. The van der Waals surface area contributed by atoms with Gasteiger partial charge in [-0.25, -0.2) is 0 Å². The van der Waals surface area contributed by atoms with Crippen LogP contribution in [0.5, 0.6) is 0 Å².